The number of esters is 1. The third-order valence-electron chi connectivity index (χ3n) is 4.07. The van der Waals surface area contributed by atoms with Gasteiger partial charge in [0.2, 0.25) is 0 Å². The summed E-state index contributed by atoms with van der Waals surface area (Å²) < 4.78 is 5.16. The molecule has 1 saturated heterocycles. The molecule has 1 fully saturated rings. The van der Waals surface area contributed by atoms with Crippen LogP contribution < -0.4 is 5.32 Å². The van der Waals surface area contributed by atoms with Crippen molar-refractivity contribution in [3.8, 4) is 0 Å². The van der Waals surface area contributed by atoms with E-state index in [-0.39, 0.29) is 35.9 Å². The third-order valence-corrected chi connectivity index (χ3v) is 5.10. The Hall–Kier alpha value is -0.900. The predicted molar refractivity (Wildman–Crippen MR) is 113 cm³/mol. The van der Waals surface area contributed by atoms with Crippen LogP contribution in [0.3, 0.4) is 0 Å². The lowest BCUT2D eigenvalue weighted by atomic mass is 9.98. The molecule has 2 rings (SSSR count). The number of thiazole rings is 1. The van der Waals surface area contributed by atoms with Crippen molar-refractivity contribution < 1.29 is 9.53 Å². The maximum atomic E-state index is 12.0. The summed E-state index contributed by atoms with van der Waals surface area (Å²) in [5.41, 5.74) is 1.09. The van der Waals surface area contributed by atoms with E-state index in [0.29, 0.717) is 13.2 Å². The summed E-state index contributed by atoms with van der Waals surface area (Å²) in [5, 5.41) is 6.68. The second-order valence-electron chi connectivity index (χ2n) is 6.00. The number of aliphatic imine (C=N–C) groups is 1. The molecule has 0 bridgehead atoms. The Morgan fingerprint density at radius 1 is 1.56 bits per heavy atom. The standard InChI is InChI=1S/C17H28N4O2S.HI/c1-4-23-16(22)14-7-6-10-21(11-14)17(18-3)19-9-5-8-15-20-13(2)12-24-15;/h12,14H,4-11H2,1-3H3,(H,18,19);1H. The van der Waals surface area contributed by atoms with E-state index in [2.05, 4.69) is 25.6 Å². The molecule has 1 unspecified atom stereocenters. The molecule has 1 N–H and O–H groups in total. The van der Waals surface area contributed by atoms with Gasteiger partial charge in [0.15, 0.2) is 5.96 Å². The minimum atomic E-state index is -0.0863. The van der Waals surface area contributed by atoms with Crippen molar-refractivity contribution in [2.45, 2.75) is 39.5 Å². The number of carbonyl (C=O) groups excluding carboxylic acids is 1. The molecule has 25 heavy (non-hydrogen) atoms. The average Bonchev–Trinajstić information content (AvgIpc) is 3.00. The minimum Gasteiger partial charge on any atom is -0.466 e. The fourth-order valence-electron chi connectivity index (χ4n) is 2.91. The molecular weight excluding hydrogens is 451 g/mol. The van der Waals surface area contributed by atoms with Crippen LogP contribution in [0, 0.1) is 12.8 Å². The number of nitrogens with one attached hydrogen (secondary N) is 1. The van der Waals surface area contributed by atoms with E-state index in [1.54, 1.807) is 18.4 Å². The molecule has 0 radical (unpaired) electrons. The summed E-state index contributed by atoms with van der Waals surface area (Å²) >= 11 is 1.72. The molecule has 142 valence electrons. The molecule has 2 heterocycles. The van der Waals surface area contributed by atoms with Crippen LogP contribution in [0.4, 0.5) is 0 Å². The fourth-order valence-corrected chi connectivity index (χ4v) is 3.73. The van der Waals surface area contributed by atoms with E-state index in [0.717, 1.165) is 50.4 Å². The van der Waals surface area contributed by atoms with Crippen molar-refractivity contribution in [1.82, 2.24) is 15.2 Å². The van der Waals surface area contributed by atoms with Gasteiger partial charge in [0.1, 0.15) is 0 Å². The Labute approximate surface area is 171 Å². The Morgan fingerprint density at radius 2 is 2.36 bits per heavy atom. The van der Waals surface area contributed by atoms with Crippen molar-refractivity contribution in [3.63, 3.8) is 0 Å². The zero-order chi connectivity index (χ0) is 17.4. The van der Waals surface area contributed by atoms with Gasteiger partial charge in [-0.05, 0) is 33.1 Å². The first-order valence-electron chi connectivity index (χ1n) is 8.67. The van der Waals surface area contributed by atoms with Gasteiger partial charge in [-0.3, -0.25) is 9.79 Å². The highest BCUT2D eigenvalue weighted by molar-refractivity contribution is 14.0. The third kappa shape index (κ3) is 7.08. The van der Waals surface area contributed by atoms with Crippen molar-refractivity contribution in [2.75, 3.05) is 33.3 Å². The molecule has 0 spiro atoms. The topological polar surface area (TPSA) is 66.8 Å². The molecule has 8 heteroatoms. The summed E-state index contributed by atoms with van der Waals surface area (Å²) in [5.74, 6) is 0.742. The molecule has 0 saturated carbocycles. The monoisotopic (exact) mass is 480 g/mol. The number of ether oxygens (including phenoxy) is 1. The fraction of sp³-hybridized carbons (Fsp3) is 0.706. The lowest BCUT2D eigenvalue weighted by Crippen LogP contribution is -2.48. The van der Waals surface area contributed by atoms with Gasteiger partial charge < -0.3 is 15.0 Å². The molecule has 6 nitrogen and oxygen atoms in total. The van der Waals surface area contributed by atoms with Crippen LogP contribution in [-0.4, -0.2) is 55.1 Å². The molecule has 0 amide bonds. The Kier molecular flexibility index (Phi) is 10.3. The highest BCUT2D eigenvalue weighted by Crippen LogP contribution is 2.18. The molecule has 1 aromatic rings. The van der Waals surface area contributed by atoms with Crippen molar-refractivity contribution in [1.29, 1.82) is 0 Å². The highest BCUT2D eigenvalue weighted by Gasteiger charge is 2.28. The van der Waals surface area contributed by atoms with Gasteiger partial charge in [-0.15, -0.1) is 35.3 Å². The maximum absolute atomic E-state index is 12.0. The van der Waals surface area contributed by atoms with Crippen LogP contribution in [0.1, 0.15) is 36.9 Å². The average molecular weight is 480 g/mol. The number of nitrogens with zero attached hydrogens (tertiary/aromatic N) is 3. The number of hydrogen-bond acceptors (Lipinski definition) is 5. The number of aromatic nitrogens is 1. The lowest BCUT2D eigenvalue weighted by molar-refractivity contribution is -0.149. The van der Waals surface area contributed by atoms with E-state index < -0.39 is 0 Å². The van der Waals surface area contributed by atoms with Crippen molar-refractivity contribution >= 4 is 47.2 Å². The van der Waals surface area contributed by atoms with Gasteiger partial charge in [0, 0.05) is 44.2 Å². The number of guanidine groups is 1. The van der Waals surface area contributed by atoms with Crippen LogP contribution in [-0.2, 0) is 16.0 Å². The van der Waals surface area contributed by atoms with Crippen molar-refractivity contribution in [2.24, 2.45) is 10.9 Å². The smallest absolute Gasteiger partial charge is 0.310 e. The number of aryl methyl sites for hydroxylation is 2. The predicted octanol–water partition coefficient (Wildman–Crippen LogP) is 2.85. The van der Waals surface area contributed by atoms with Gasteiger partial charge >= 0.3 is 5.97 Å². The molecule has 1 atom stereocenters. The number of hydrogen-bond donors (Lipinski definition) is 1. The minimum absolute atomic E-state index is 0. The molecule has 1 aliphatic heterocycles. The maximum Gasteiger partial charge on any atom is 0.310 e. The second-order valence-corrected chi connectivity index (χ2v) is 6.94. The van der Waals surface area contributed by atoms with Gasteiger partial charge in [-0.2, -0.15) is 0 Å². The van der Waals surface area contributed by atoms with Gasteiger partial charge in [0.05, 0.1) is 17.5 Å². The first kappa shape index (κ1) is 22.1. The second kappa shape index (κ2) is 11.7. The Morgan fingerprint density at radius 3 is 3.00 bits per heavy atom. The van der Waals surface area contributed by atoms with Crippen LogP contribution in [0.15, 0.2) is 10.4 Å². The van der Waals surface area contributed by atoms with E-state index in [1.807, 2.05) is 13.8 Å². The molecule has 0 aliphatic carbocycles. The number of piperidine rings is 1. The van der Waals surface area contributed by atoms with Crippen LogP contribution in [0.2, 0.25) is 0 Å². The van der Waals surface area contributed by atoms with Crippen LogP contribution in [0.5, 0.6) is 0 Å². The van der Waals surface area contributed by atoms with E-state index >= 15 is 0 Å². The van der Waals surface area contributed by atoms with E-state index in [9.17, 15) is 4.79 Å². The zero-order valence-corrected chi connectivity index (χ0v) is 18.4. The van der Waals surface area contributed by atoms with Crippen LogP contribution in [0.25, 0.3) is 0 Å². The first-order valence-corrected chi connectivity index (χ1v) is 9.55. The molecule has 0 aromatic carbocycles. The van der Waals surface area contributed by atoms with Gasteiger partial charge in [-0.25, -0.2) is 4.98 Å². The number of likely N-dealkylation sites (tertiary alicyclic amines) is 1. The van der Waals surface area contributed by atoms with Gasteiger partial charge in [0.25, 0.3) is 0 Å². The normalized spacial score (nSPS) is 17.8. The van der Waals surface area contributed by atoms with E-state index in [4.69, 9.17) is 4.74 Å². The molecule has 1 aliphatic rings. The van der Waals surface area contributed by atoms with Crippen LogP contribution >= 0.6 is 35.3 Å². The van der Waals surface area contributed by atoms with E-state index in [1.165, 1.54) is 5.01 Å². The zero-order valence-electron chi connectivity index (χ0n) is 15.3. The summed E-state index contributed by atoms with van der Waals surface area (Å²) in [7, 11) is 1.79. The molecular formula is C17H29IN4O2S. The quantitative estimate of drug-likeness (QED) is 0.223. The number of carbonyl (C=O) groups is 1. The Balaban J connectivity index is 0.00000312. The molecule has 1 aromatic heterocycles. The van der Waals surface area contributed by atoms with Gasteiger partial charge in [-0.1, -0.05) is 0 Å². The highest BCUT2D eigenvalue weighted by atomic mass is 127. The summed E-state index contributed by atoms with van der Waals surface area (Å²) in [6, 6.07) is 0. The largest absolute Gasteiger partial charge is 0.466 e. The van der Waals surface area contributed by atoms with Crippen molar-refractivity contribution in [3.05, 3.63) is 16.1 Å². The number of rotatable bonds is 6. The summed E-state index contributed by atoms with van der Waals surface area (Å²) in [4.78, 5) is 23.0. The Bertz CT molecular complexity index is 565. The SMILES string of the molecule is CCOC(=O)C1CCCN(C(=NC)NCCCc2nc(C)cs2)C1.I. The summed E-state index contributed by atoms with van der Waals surface area (Å²) in [6.07, 6.45) is 3.88. The number of halogens is 1. The lowest BCUT2D eigenvalue weighted by Gasteiger charge is -2.33. The first-order chi connectivity index (χ1) is 11.6. The summed E-state index contributed by atoms with van der Waals surface area (Å²) in [6.45, 7) is 6.79.